The molecule has 1 aliphatic rings. The fourth-order valence-electron chi connectivity index (χ4n) is 4.38. The third-order valence-electron chi connectivity index (χ3n) is 6.26. The molecule has 0 bridgehead atoms. The Labute approximate surface area is 213 Å². The van der Waals surface area contributed by atoms with Gasteiger partial charge in [0, 0.05) is 29.3 Å². The van der Waals surface area contributed by atoms with Gasteiger partial charge in [-0.3, -0.25) is 9.59 Å². The van der Waals surface area contributed by atoms with E-state index in [1.165, 1.54) is 35.2 Å². The average Bonchev–Trinajstić information content (AvgIpc) is 2.88. The summed E-state index contributed by atoms with van der Waals surface area (Å²) < 4.78 is 32.9. The first-order chi connectivity index (χ1) is 17.8. The number of nitrogens with zero attached hydrogens (tertiary/aromatic N) is 1. The number of nitrogens with one attached hydrogen (secondary N) is 1. The summed E-state index contributed by atoms with van der Waals surface area (Å²) in [6, 6.07) is 18.2. The molecule has 0 aliphatic carbocycles. The van der Waals surface area contributed by atoms with E-state index < -0.39 is 23.5 Å². The number of amides is 2. The molecule has 1 N–H and O–H groups in total. The summed E-state index contributed by atoms with van der Waals surface area (Å²) in [6.45, 7) is 3.65. The molecule has 1 atom stereocenters. The van der Waals surface area contributed by atoms with E-state index in [1.54, 1.807) is 56.3 Å². The van der Waals surface area contributed by atoms with E-state index in [1.807, 2.05) is 0 Å². The highest BCUT2D eigenvalue weighted by Crippen LogP contribution is 2.38. The number of esters is 1. The van der Waals surface area contributed by atoms with Gasteiger partial charge in [-0.2, -0.15) is 0 Å². The number of rotatable bonds is 7. The maximum Gasteiger partial charge on any atom is 0.336 e. The van der Waals surface area contributed by atoms with Gasteiger partial charge in [0.25, 0.3) is 5.91 Å². The van der Waals surface area contributed by atoms with Gasteiger partial charge in [0.2, 0.25) is 5.91 Å². The third-order valence-corrected chi connectivity index (χ3v) is 6.26. The summed E-state index contributed by atoms with van der Waals surface area (Å²) in [6.07, 6.45) is -0.0788. The van der Waals surface area contributed by atoms with E-state index in [0.717, 1.165) is 5.56 Å². The molecule has 3 aromatic carbocycles. The first-order valence-corrected chi connectivity index (χ1v) is 11.9. The van der Waals surface area contributed by atoms with Crippen LogP contribution in [-0.2, 0) is 20.9 Å². The number of anilines is 1. The minimum absolute atomic E-state index is 0.0788. The number of carbonyl (C=O) groups is 3. The predicted molar refractivity (Wildman–Crippen MR) is 134 cm³/mol. The first kappa shape index (κ1) is 25.8. The highest BCUT2D eigenvalue weighted by molar-refractivity contribution is 6.04. The van der Waals surface area contributed by atoms with E-state index >= 15 is 0 Å². The number of hydrogen-bond acceptors (Lipinski definition) is 4. The van der Waals surface area contributed by atoms with Crippen LogP contribution in [0.25, 0.3) is 0 Å². The van der Waals surface area contributed by atoms with Crippen LogP contribution in [0.15, 0.2) is 84.1 Å². The van der Waals surface area contributed by atoms with E-state index in [-0.39, 0.29) is 42.5 Å². The Balaban J connectivity index is 1.57. The lowest BCUT2D eigenvalue weighted by Crippen LogP contribution is -2.38. The van der Waals surface area contributed by atoms with Crippen LogP contribution in [0.2, 0.25) is 0 Å². The zero-order valence-electron chi connectivity index (χ0n) is 20.5. The van der Waals surface area contributed by atoms with Crippen LogP contribution in [0.5, 0.6) is 0 Å². The molecule has 3 aromatic rings. The molecule has 4 rings (SSSR count). The van der Waals surface area contributed by atoms with Crippen molar-refractivity contribution in [3.05, 3.63) is 112 Å². The fraction of sp³-hybridized carbons (Fsp3) is 0.207. The molecule has 0 saturated heterocycles. The Morgan fingerprint density at radius 3 is 2.32 bits per heavy atom. The maximum absolute atomic E-state index is 14.6. The summed E-state index contributed by atoms with van der Waals surface area (Å²) >= 11 is 0. The van der Waals surface area contributed by atoms with Gasteiger partial charge in [0.1, 0.15) is 11.6 Å². The molecular weight excluding hydrogens is 478 g/mol. The van der Waals surface area contributed by atoms with Gasteiger partial charge in [-0.25, -0.2) is 13.6 Å². The quantitative estimate of drug-likeness (QED) is 0.427. The predicted octanol–water partition coefficient (Wildman–Crippen LogP) is 5.57. The third kappa shape index (κ3) is 5.74. The Hall–Kier alpha value is -4.33. The molecule has 190 valence electrons. The van der Waals surface area contributed by atoms with Crippen molar-refractivity contribution < 1.29 is 27.9 Å². The summed E-state index contributed by atoms with van der Waals surface area (Å²) in [5.74, 6) is -2.83. The standard InChI is InChI=1S/C29H26F2N2O4/c1-3-37-29(36)27-18(2)33(26(34)16-24(27)23-6-4-5-7-25(23)31)17-19-8-10-20(11-9-19)28(35)32-22-14-12-21(30)13-15-22/h4-15,24H,3,16-17H2,1-2H3,(H,32,35). The van der Waals surface area contributed by atoms with Gasteiger partial charge >= 0.3 is 5.97 Å². The van der Waals surface area contributed by atoms with Crippen molar-refractivity contribution in [2.45, 2.75) is 32.7 Å². The summed E-state index contributed by atoms with van der Waals surface area (Å²) in [5, 5.41) is 2.70. The van der Waals surface area contributed by atoms with Crippen LogP contribution >= 0.6 is 0 Å². The second-order valence-corrected chi connectivity index (χ2v) is 8.64. The maximum atomic E-state index is 14.6. The smallest absolute Gasteiger partial charge is 0.336 e. The molecule has 0 aromatic heterocycles. The fourth-order valence-corrected chi connectivity index (χ4v) is 4.38. The van der Waals surface area contributed by atoms with E-state index in [0.29, 0.717) is 16.9 Å². The first-order valence-electron chi connectivity index (χ1n) is 11.9. The highest BCUT2D eigenvalue weighted by Gasteiger charge is 2.37. The van der Waals surface area contributed by atoms with Gasteiger partial charge in [-0.15, -0.1) is 0 Å². The lowest BCUT2D eigenvalue weighted by molar-refractivity contribution is -0.140. The molecule has 1 heterocycles. The molecular formula is C29H26F2N2O4. The largest absolute Gasteiger partial charge is 0.463 e. The van der Waals surface area contributed by atoms with E-state index in [2.05, 4.69) is 5.32 Å². The van der Waals surface area contributed by atoms with Crippen molar-refractivity contribution in [2.24, 2.45) is 0 Å². The molecule has 2 amide bonds. The molecule has 0 spiro atoms. The van der Waals surface area contributed by atoms with Crippen LogP contribution < -0.4 is 5.32 Å². The zero-order chi connectivity index (χ0) is 26.5. The molecule has 0 radical (unpaired) electrons. The number of halogens is 2. The number of allylic oxidation sites excluding steroid dienone is 1. The van der Waals surface area contributed by atoms with Gasteiger partial charge in [0.15, 0.2) is 0 Å². The second-order valence-electron chi connectivity index (χ2n) is 8.64. The van der Waals surface area contributed by atoms with Crippen LogP contribution in [0, 0.1) is 11.6 Å². The van der Waals surface area contributed by atoms with Crippen molar-refractivity contribution in [1.82, 2.24) is 4.90 Å². The molecule has 6 nitrogen and oxygen atoms in total. The van der Waals surface area contributed by atoms with Gasteiger partial charge in [-0.05, 0) is 67.4 Å². The lowest BCUT2D eigenvalue weighted by Gasteiger charge is -2.34. The molecule has 8 heteroatoms. The van der Waals surface area contributed by atoms with Crippen LogP contribution in [-0.4, -0.2) is 29.3 Å². The SMILES string of the molecule is CCOC(=O)C1=C(C)N(Cc2ccc(C(=O)Nc3ccc(F)cc3)cc2)C(=O)CC1c1ccccc1F. The molecule has 1 unspecified atom stereocenters. The van der Waals surface area contributed by atoms with Crippen LogP contribution in [0.3, 0.4) is 0 Å². The van der Waals surface area contributed by atoms with Crippen LogP contribution in [0.4, 0.5) is 14.5 Å². The summed E-state index contributed by atoms with van der Waals surface area (Å²) in [5.41, 5.74) is 2.51. The zero-order valence-corrected chi connectivity index (χ0v) is 20.5. The molecule has 37 heavy (non-hydrogen) atoms. The summed E-state index contributed by atoms with van der Waals surface area (Å²) in [7, 11) is 0. The number of hydrogen-bond donors (Lipinski definition) is 1. The second kappa shape index (κ2) is 11.2. The molecule has 0 saturated carbocycles. The average molecular weight is 505 g/mol. The Morgan fingerprint density at radius 2 is 1.68 bits per heavy atom. The number of carbonyl (C=O) groups excluding carboxylic acids is 3. The van der Waals surface area contributed by atoms with E-state index in [9.17, 15) is 23.2 Å². The van der Waals surface area contributed by atoms with Crippen molar-refractivity contribution in [3.63, 3.8) is 0 Å². The van der Waals surface area contributed by atoms with Crippen molar-refractivity contribution in [3.8, 4) is 0 Å². The Bertz CT molecular complexity index is 1350. The minimum atomic E-state index is -0.749. The van der Waals surface area contributed by atoms with Gasteiger partial charge in [0.05, 0.1) is 18.7 Å². The molecule has 1 aliphatic heterocycles. The highest BCUT2D eigenvalue weighted by atomic mass is 19.1. The lowest BCUT2D eigenvalue weighted by atomic mass is 9.83. The van der Waals surface area contributed by atoms with Gasteiger partial charge in [-0.1, -0.05) is 30.3 Å². The van der Waals surface area contributed by atoms with E-state index in [4.69, 9.17) is 4.74 Å². The molecule has 0 fully saturated rings. The number of benzene rings is 3. The Kier molecular flexibility index (Phi) is 7.77. The Morgan fingerprint density at radius 1 is 1.00 bits per heavy atom. The minimum Gasteiger partial charge on any atom is -0.463 e. The topological polar surface area (TPSA) is 75.7 Å². The normalized spacial score (nSPS) is 15.5. The van der Waals surface area contributed by atoms with Crippen molar-refractivity contribution in [2.75, 3.05) is 11.9 Å². The monoisotopic (exact) mass is 504 g/mol. The van der Waals surface area contributed by atoms with Crippen molar-refractivity contribution >= 4 is 23.5 Å². The number of ether oxygens (including phenoxy) is 1. The van der Waals surface area contributed by atoms with Gasteiger partial charge < -0.3 is 15.0 Å². The summed E-state index contributed by atoms with van der Waals surface area (Å²) in [4.78, 5) is 40.1. The van der Waals surface area contributed by atoms with Crippen LogP contribution in [0.1, 0.15) is 47.7 Å². The van der Waals surface area contributed by atoms with Crippen molar-refractivity contribution in [1.29, 1.82) is 0 Å².